The Hall–Kier alpha value is -3.59. The van der Waals surface area contributed by atoms with E-state index in [9.17, 15) is 31.5 Å². The van der Waals surface area contributed by atoms with Crippen molar-refractivity contribution in [2.75, 3.05) is 0 Å². The smallest absolute Gasteiger partial charge is 0.416 e. The molecule has 5 nitrogen and oxygen atoms in total. The van der Waals surface area contributed by atoms with Gasteiger partial charge in [0, 0.05) is 17.5 Å². The predicted molar refractivity (Wildman–Crippen MR) is 136 cm³/mol. The molecule has 4 rings (SSSR count). The lowest BCUT2D eigenvalue weighted by Gasteiger charge is -2.20. The minimum Gasteiger partial charge on any atom is -0.478 e. The number of benzene rings is 3. The van der Waals surface area contributed by atoms with E-state index in [0.29, 0.717) is 11.1 Å². The molecular weight excluding hydrogens is 503 g/mol. The standard InChI is InChI=1S/C28H26F3NO4S/c1-17-23-16-20(28(29,30)31)12-13-24(23)32(25(17)14-18-8-5-6-11-22(18)26(33)34)37(35,36)21-10-7-9-19(15-21)27(2,3)4/h5-13,15-16H,14H2,1-4H3,(H,33,34). The molecule has 3 aromatic carbocycles. The average Bonchev–Trinajstić information content (AvgIpc) is 3.10. The summed E-state index contributed by atoms with van der Waals surface area (Å²) in [5, 5.41) is 9.78. The average molecular weight is 530 g/mol. The molecule has 0 unspecified atom stereocenters. The summed E-state index contributed by atoms with van der Waals surface area (Å²) in [5.41, 5.74) is 0.489. The first-order chi connectivity index (χ1) is 17.1. The van der Waals surface area contributed by atoms with Crippen molar-refractivity contribution in [2.45, 2.75) is 50.6 Å². The highest BCUT2D eigenvalue weighted by Gasteiger charge is 2.33. The maximum absolute atomic E-state index is 14.1. The summed E-state index contributed by atoms with van der Waals surface area (Å²) in [6, 6.07) is 15.6. The van der Waals surface area contributed by atoms with Gasteiger partial charge in [-0.25, -0.2) is 17.2 Å². The van der Waals surface area contributed by atoms with E-state index in [-0.39, 0.29) is 38.9 Å². The second-order valence-corrected chi connectivity index (χ2v) is 11.8. The molecule has 0 bridgehead atoms. The summed E-state index contributed by atoms with van der Waals surface area (Å²) >= 11 is 0. The Morgan fingerprint density at radius 1 is 0.919 bits per heavy atom. The largest absolute Gasteiger partial charge is 0.478 e. The van der Waals surface area contributed by atoms with Gasteiger partial charge in [0.05, 0.1) is 21.5 Å². The van der Waals surface area contributed by atoms with Gasteiger partial charge in [0.25, 0.3) is 10.0 Å². The molecule has 194 valence electrons. The zero-order valence-electron chi connectivity index (χ0n) is 20.7. The van der Waals surface area contributed by atoms with E-state index < -0.39 is 27.7 Å². The first kappa shape index (κ1) is 26.5. The van der Waals surface area contributed by atoms with Crippen molar-refractivity contribution in [3.05, 3.63) is 100 Å². The minimum absolute atomic E-state index is 0.00973. The Kier molecular flexibility index (Phi) is 6.48. The van der Waals surface area contributed by atoms with E-state index >= 15 is 0 Å². The summed E-state index contributed by atoms with van der Waals surface area (Å²) in [7, 11) is -4.27. The third kappa shape index (κ3) is 4.87. The molecule has 0 amide bonds. The second kappa shape index (κ2) is 9.06. The number of hydrogen-bond acceptors (Lipinski definition) is 3. The molecule has 0 atom stereocenters. The molecule has 0 fully saturated rings. The van der Waals surface area contributed by atoms with Crippen molar-refractivity contribution in [3.63, 3.8) is 0 Å². The van der Waals surface area contributed by atoms with Gasteiger partial charge in [-0.15, -0.1) is 0 Å². The third-order valence-electron chi connectivity index (χ3n) is 6.47. The number of aryl methyl sites for hydroxylation is 1. The summed E-state index contributed by atoms with van der Waals surface area (Å²) in [4.78, 5) is 11.8. The van der Waals surface area contributed by atoms with Gasteiger partial charge in [-0.3, -0.25) is 0 Å². The van der Waals surface area contributed by atoms with Crippen LogP contribution >= 0.6 is 0 Å². The van der Waals surface area contributed by atoms with Crippen LogP contribution in [0.4, 0.5) is 13.2 Å². The lowest BCUT2D eigenvalue weighted by atomic mass is 9.87. The van der Waals surface area contributed by atoms with Gasteiger partial charge in [0.2, 0.25) is 0 Å². The van der Waals surface area contributed by atoms with Crippen molar-refractivity contribution >= 4 is 26.9 Å². The number of aromatic nitrogens is 1. The molecule has 1 heterocycles. The SMILES string of the molecule is Cc1c(Cc2ccccc2C(=O)O)n(S(=O)(=O)c2cccc(C(C)(C)C)c2)c2ccc(C(F)(F)F)cc12. The number of alkyl halides is 3. The molecule has 0 spiro atoms. The van der Waals surface area contributed by atoms with E-state index in [1.54, 1.807) is 37.3 Å². The van der Waals surface area contributed by atoms with Crippen LogP contribution in [0, 0.1) is 6.92 Å². The maximum atomic E-state index is 14.1. The Morgan fingerprint density at radius 2 is 1.59 bits per heavy atom. The molecule has 4 aromatic rings. The van der Waals surface area contributed by atoms with Crippen LogP contribution in [-0.2, 0) is 28.0 Å². The molecule has 1 N–H and O–H groups in total. The fraction of sp³-hybridized carbons (Fsp3) is 0.250. The first-order valence-electron chi connectivity index (χ1n) is 11.5. The highest BCUT2D eigenvalue weighted by atomic mass is 32.2. The van der Waals surface area contributed by atoms with E-state index in [0.717, 1.165) is 27.7 Å². The topological polar surface area (TPSA) is 76.4 Å². The normalized spacial score (nSPS) is 12.7. The number of carboxylic acid groups (broad SMARTS) is 1. The van der Waals surface area contributed by atoms with E-state index in [1.165, 1.54) is 12.1 Å². The number of nitrogens with zero attached hydrogens (tertiary/aromatic N) is 1. The summed E-state index contributed by atoms with van der Waals surface area (Å²) < 4.78 is 69.7. The third-order valence-corrected chi connectivity index (χ3v) is 8.22. The van der Waals surface area contributed by atoms with Gasteiger partial charge in [-0.1, -0.05) is 51.1 Å². The molecule has 0 saturated carbocycles. The number of fused-ring (bicyclic) bond motifs is 1. The van der Waals surface area contributed by atoms with Crippen molar-refractivity contribution < 1.29 is 31.5 Å². The molecular formula is C28H26F3NO4S. The van der Waals surface area contributed by atoms with Gasteiger partial charge in [-0.05, 0) is 65.4 Å². The number of carboxylic acids is 1. The van der Waals surface area contributed by atoms with Crippen molar-refractivity contribution in [3.8, 4) is 0 Å². The highest BCUT2D eigenvalue weighted by Crippen LogP contribution is 2.37. The molecule has 0 saturated heterocycles. The van der Waals surface area contributed by atoms with Crippen LogP contribution in [0.15, 0.2) is 71.6 Å². The zero-order chi connectivity index (χ0) is 27.3. The number of rotatable bonds is 5. The van der Waals surface area contributed by atoms with Crippen LogP contribution in [0.1, 0.15) is 59.1 Å². The number of halogens is 3. The maximum Gasteiger partial charge on any atom is 0.416 e. The van der Waals surface area contributed by atoms with Crippen LogP contribution in [-0.4, -0.2) is 23.5 Å². The predicted octanol–water partition coefficient (Wildman–Crippen LogP) is 6.79. The monoisotopic (exact) mass is 529 g/mol. The van der Waals surface area contributed by atoms with Gasteiger partial charge in [0.15, 0.2) is 0 Å². The van der Waals surface area contributed by atoms with Gasteiger partial charge in [-0.2, -0.15) is 13.2 Å². The molecule has 0 aliphatic heterocycles. The molecule has 9 heteroatoms. The summed E-state index contributed by atoms with van der Waals surface area (Å²) in [5.74, 6) is -1.18. The molecule has 0 aliphatic rings. The number of aromatic carboxylic acids is 1. The van der Waals surface area contributed by atoms with Crippen LogP contribution < -0.4 is 0 Å². The lowest BCUT2D eigenvalue weighted by molar-refractivity contribution is -0.137. The lowest BCUT2D eigenvalue weighted by Crippen LogP contribution is -2.18. The second-order valence-electron chi connectivity index (χ2n) is 9.99. The van der Waals surface area contributed by atoms with Crippen LogP contribution in [0.2, 0.25) is 0 Å². The van der Waals surface area contributed by atoms with E-state index in [2.05, 4.69) is 0 Å². The van der Waals surface area contributed by atoms with Gasteiger partial charge < -0.3 is 5.11 Å². The quantitative estimate of drug-likeness (QED) is 0.309. The number of carbonyl (C=O) groups is 1. The van der Waals surface area contributed by atoms with Crippen LogP contribution in [0.5, 0.6) is 0 Å². The molecule has 0 aliphatic carbocycles. The van der Waals surface area contributed by atoms with Crippen molar-refractivity contribution in [2.24, 2.45) is 0 Å². The van der Waals surface area contributed by atoms with E-state index in [4.69, 9.17) is 0 Å². The Labute approximate surface area is 213 Å². The fourth-order valence-corrected chi connectivity index (χ4v) is 6.06. The van der Waals surface area contributed by atoms with Gasteiger partial charge >= 0.3 is 12.1 Å². The Bertz CT molecular complexity index is 1630. The van der Waals surface area contributed by atoms with Crippen molar-refractivity contribution in [1.29, 1.82) is 0 Å². The molecule has 0 radical (unpaired) electrons. The van der Waals surface area contributed by atoms with Crippen LogP contribution in [0.3, 0.4) is 0 Å². The molecule has 1 aromatic heterocycles. The number of hydrogen-bond donors (Lipinski definition) is 1. The highest BCUT2D eigenvalue weighted by molar-refractivity contribution is 7.90. The minimum atomic E-state index is -4.61. The van der Waals surface area contributed by atoms with Crippen LogP contribution in [0.25, 0.3) is 10.9 Å². The molecule has 37 heavy (non-hydrogen) atoms. The van der Waals surface area contributed by atoms with Gasteiger partial charge in [0.1, 0.15) is 0 Å². The fourth-order valence-electron chi connectivity index (χ4n) is 4.41. The van der Waals surface area contributed by atoms with E-state index in [1.807, 2.05) is 26.8 Å². The Balaban J connectivity index is 2.04. The summed E-state index contributed by atoms with van der Waals surface area (Å²) in [6.45, 7) is 7.39. The zero-order valence-corrected chi connectivity index (χ0v) is 21.5. The Morgan fingerprint density at radius 3 is 2.22 bits per heavy atom. The summed E-state index contributed by atoms with van der Waals surface area (Å²) in [6.07, 6.45) is -4.72. The van der Waals surface area contributed by atoms with Crippen molar-refractivity contribution in [1.82, 2.24) is 3.97 Å². The first-order valence-corrected chi connectivity index (χ1v) is 12.9.